The maximum absolute atomic E-state index is 13.4. The van der Waals surface area contributed by atoms with E-state index in [1.807, 2.05) is 0 Å². The molecule has 1 aromatic carbocycles. The van der Waals surface area contributed by atoms with Crippen molar-refractivity contribution >= 4 is 24.8 Å². The van der Waals surface area contributed by atoms with E-state index in [-0.39, 0.29) is 42.4 Å². The Labute approximate surface area is 137 Å². The van der Waals surface area contributed by atoms with Gasteiger partial charge in [-0.2, -0.15) is 5.26 Å². The fourth-order valence-electron chi connectivity index (χ4n) is 2.42. The molecule has 2 rings (SSSR count). The molecule has 0 spiro atoms. The van der Waals surface area contributed by atoms with Gasteiger partial charge in [0.15, 0.2) is 11.6 Å². The summed E-state index contributed by atoms with van der Waals surface area (Å²) < 4.78 is 18.5. The van der Waals surface area contributed by atoms with E-state index in [2.05, 4.69) is 16.3 Å². The van der Waals surface area contributed by atoms with E-state index in [0.29, 0.717) is 6.42 Å². The SMILES string of the molecule is COc1cc([C@H](CC#N)N2CCNCC2)ccc1F.Cl.Cl. The van der Waals surface area contributed by atoms with E-state index < -0.39 is 0 Å². The monoisotopic (exact) mass is 335 g/mol. The second-order valence-corrected chi connectivity index (χ2v) is 4.56. The standard InChI is InChI=1S/C14H18FN3O.2ClH/c1-19-14-10-11(2-3-12(14)15)13(4-5-16)18-8-6-17-7-9-18;;/h2-3,10,13,17H,4,6-9H2,1H3;2*1H/t13-;;/m0../s1. The van der Waals surface area contributed by atoms with E-state index in [9.17, 15) is 4.39 Å². The van der Waals surface area contributed by atoms with Gasteiger partial charge in [-0.1, -0.05) is 6.07 Å². The molecule has 0 saturated carbocycles. The lowest BCUT2D eigenvalue weighted by Gasteiger charge is -2.34. The number of nitriles is 1. The van der Waals surface area contributed by atoms with Gasteiger partial charge in [-0.05, 0) is 17.7 Å². The Hall–Kier alpha value is -1.06. The van der Waals surface area contributed by atoms with Crippen molar-refractivity contribution in [1.82, 2.24) is 10.2 Å². The number of methoxy groups -OCH3 is 1. The van der Waals surface area contributed by atoms with E-state index in [0.717, 1.165) is 31.7 Å². The molecule has 0 amide bonds. The van der Waals surface area contributed by atoms with Crippen LogP contribution in [0.1, 0.15) is 18.0 Å². The zero-order valence-corrected chi connectivity index (χ0v) is 13.5. The Bertz CT molecular complexity index is 476. The summed E-state index contributed by atoms with van der Waals surface area (Å²) in [6.07, 6.45) is 0.398. The minimum absolute atomic E-state index is 0. The summed E-state index contributed by atoms with van der Waals surface area (Å²) in [7, 11) is 1.45. The Balaban J connectivity index is 0.00000200. The number of hydrogen-bond acceptors (Lipinski definition) is 4. The van der Waals surface area contributed by atoms with Crippen molar-refractivity contribution in [2.45, 2.75) is 12.5 Å². The third kappa shape index (κ3) is 5.01. The van der Waals surface area contributed by atoms with Crippen molar-refractivity contribution in [1.29, 1.82) is 5.26 Å². The first-order valence-electron chi connectivity index (χ1n) is 6.41. The van der Waals surface area contributed by atoms with Crippen LogP contribution in [0.5, 0.6) is 5.75 Å². The Kier molecular flexibility index (Phi) is 9.31. The molecule has 1 aliphatic heterocycles. The fourth-order valence-corrected chi connectivity index (χ4v) is 2.42. The van der Waals surface area contributed by atoms with Crippen LogP contribution in [0.2, 0.25) is 0 Å². The van der Waals surface area contributed by atoms with E-state index in [1.165, 1.54) is 13.2 Å². The average molecular weight is 336 g/mol. The predicted octanol–water partition coefficient (Wildman–Crippen LogP) is 2.54. The van der Waals surface area contributed by atoms with Gasteiger partial charge < -0.3 is 10.1 Å². The molecule has 4 nitrogen and oxygen atoms in total. The molecular weight excluding hydrogens is 316 g/mol. The topological polar surface area (TPSA) is 48.3 Å². The van der Waals surface area contributed by atoms with Crippen LogP contribution in [0.4, 0.5) is 4.39 Å². The molecule has 21 heavy (non-hydrogen) atoms. The molecule has 7 heteroatoms. The van der Waals surface area contributed by atoms with Crippen LogP contribution in [0, 0.1) is 17.1 Å². The van der Waals surface area contributed by atoms with Crippen molar-refractivity contribution in [2.75, 3.05) is 33.3 Å². The van der Waals surface area contributed by atoms with Gasteiger partial charge in [0, 0.05) is 32.2 Å². The van der Waals surface area contributed by atoms with Crippen molar-refractivity contribution in [2.24, 2.45) is 0 Å². The van der Waals surface area contributed by atoms with Gasteiger partial charge in [0.1, 0.15) is 0 Å². The maximum Gasteiger partial charge on any atom is 0.165 e. The molecule has 1 atom stereocenters. The molecule has 0 unspecified atom stereocenters. The van der Waals surface area contributed by atoms with Crippen LogP contribution < -0.4 is 10.1 Å². The van der Waals surface area contributed by atoms with Crippen LogP contribution in [-0.2, 0) is 0 Å². The number of nitrogens with zero attached hydrogens (tertiary/aromatic N) is 2. The predicted molar refractivity (Wildman–Crippen MR) is 84.9 cm³/mol. The zero-order valence-electron chi connectivity index (χ0n) is 11.8. The minimum Gasteiger partial charge on any atom is -0.494 e. The van der Waals surface area contributed by atoms with Crippen molar-refractivity contribution < 1.29 is 9.13 Å². The highest BCUT2D eigenvalue weighted by molar-refractivity contribution is 5.85. The number of rotatable bonds is 4. The first-order valence-corrected chi connectivity index (χ1v) is 6.41. The average Bonchev–Trinajstić information content (AvgIpc) is 2.46. The molecule has 0 aromatic heterocycles. The first-order chi connectivity index (χ1) is 9.26. The molecular formula is C14H20Cl2FN3O. The molecule has 1 N–H and O–H groups in total. The van der Waals surface area contributed by atoms with Crippen molar-refractivity contribution in [3.63, 3.8) is 0 Å². The van der Waals surface area contributed by atoms with E-state index >= 15 is 0 Å². The Morgan fingerprint density at radius 3 is 2.62 bits per heavy atom. The molecule has 1 fully saturated rings. The van der Waals surface area contributed by atoms with Crippen LogP contribution in [0.25, 0.3) is 0 Å². The fraction of sp³-hybridized carbons (Fsp3) is 0.500. The number of nitrogens with one attached hydrogen (secondary N) is 1. The van der Waals surface area contributed by atoms with Crippen LogP contribution in [0.3, 0.4) is 0 Å². The second-order valence-electron chi connectivity index (χ2n) is 4.56. The molecule has 118 valence electrons. The zero-order chi connectivity index (χ0) is 13.7. The third-order valence-corrected chi connectivity index (χ3v) is 3.44. The highest BCUT2D eigenvalue weighted by Gasteiger charge is 2.22. The largest absolute Gasteiger partial charge is 0.494 e. The minimum atomic E-state index is -0.373. The molecule has 1 heterocycles. The van der Waals surface area contributed by atoms with E-state index in [1.54, 1.807) is 12.1 Å². The van der Waals surface area contributed by atoms with Gasteiger partial charge in [-0.3, -0.25) is 4.90 Å². The van der Waals surface area contributed by atoms with Gasteiger partial charge in [0.2, 0.25) is 0 Å². The maximum atomic E-state index is 13.4. The number of halogens is 3. The molecule has 0 aliphatic carbocycles. The van der Waals surface area contributed by atoms with Crippen LogP contribution >= 0.6 is 24.8 Å². The highest BCUT2D eigenvalue weighted by atomic mass is 35.5. The Morgan fingerprint density at radius 1 is 1.38 bits per heavy atom. The summed E-state index contributed by atoms with van der Waals surface area (Å²) >= 11 is 0. The van der Waals surface area contributed by atoms with Crippen LogP contribution in [-0.4, -0.2) is 38.2 Å². The smallest absolute Gasteiger partial charge is 0.165 e. The second kappa shape index (κ2) is 9.80. The van der Waals surface area contributed by atoms with Crippen molar-refractivity contribution in [3.8, 4) is 11.8 Å². The number of ether oxygens (including phenoxy) is 1. The molecule has 1 aliphatic rings. The quantitative estimate of drug-likeness (QED) is 0.918. The first kappa shape index (κ1) is 19.9. The summed E-state index contributed by atoms with van der Waals surface area (Å²) in [6.45, 7) is 3.62. The summed E-state index contributed by atoms with van der Waals surface area (Å²) in [5.41, 5.74) is 0.932. The third-order valence-electron chi connectivity index (χ3n) is 3.44. The Morgan fingerprint density at radius 2 is 2.05 bits per heavy atom. The molecule has 0 bridgehead atoms. The molecule has 1 saturated heterocycles. The highest BCUT2D eigenvalue weighted by Crippen LogP contribution is 2.28. The van der Waals surface area contributed by atoms with Gasteiger partial charge in [-0.15, -0.1) is 24.8 Å². The summed E-state index contributed by atoms with van der Waals surface area (Å²) in [6, 6.07) is 7.06. The number of piperazine rings is 1. The summed E-state index contributed by atoms with van der Waals surface area (Å²) in [5, 5.41) is 12.3. The molecule has 0 radical (unpaired) electrons. The van der Waals surface area contributed by atoms with Crippen molar-refractivity contribution in [3.05, 3.63) is 29.6 Å². The van der Waals surface area contributed by atoms with Crippen LogP contribution in [0.15, 0.2) is 18.2 Å². The normalized spacial score (nSPS) is 16.0. The number of hydrogen-bond donors (Lipinski definition) is 1. The summed E-state index contributed by atoms with van der Waals surface area (Å²) in [5.74, 6) is -0.141. The number of benzene rings is 1. The molecule has 1 aromatic rings. The van der Waals surface area contributed by atoms with E-state index in [4.69, 9.17) is 10.00 Å². The lowest BCUT2D eigenvalue weighted by Crippen LogP contribution is -2.45. The van der Waals surface area contributed by atoms with Gasteiger partial charge in [0.25, 0.3) is 0 Å². The summed E-state index contributed by atoms with van der Waals surface area (Å²) in [4.78, 5) is 2.26. The van der Waals surface area contributed by atoms with Gasteiger partial charge >= 0.3 is 0 Å². The lowest BCUT2D eigenvalue weighted by atomic mass is 10.0. The van der Waals surface area contributed by atoms with Gasteiger partial charge in [0.05, 0.1) is 19.6 Å². The van der Waals surface area contributed by atoms with Gasteiger partial charge in [-0.25, -0.2) is 4.39 Å². The lowest BCUT2D eigenvalue weighted by molar-refractivity contribution is 0.175.